The van der Waals surface area contributed by atoms with Crippen LogP contribution in [0, 0.1) is 11.2 Å². The lowest BCUT2D eigenvalue weighted by atomic mass is 9.63. The standard InChI is InChI=1S/C30H30FN/c1-30(2)19-28-21(10-12-26-25-8-4-3-7-20(25)9-11-27(26)28)17-29(30)22-15-23(31)18-24(16-22)32-13-5-6-14-32/h3-4,7-12,15-16,18,29H,5-6,13-14,17,19H2,1-2H3. The largest absolute Gasteiger partial charge is 0.371 e. The fourth-order valence-corrected chi connectivity index (χ4v) is 6.20. The third kappa shape index (κ3) is 3.20. The number of fused-ring (bicyclic) bond motifs is 5. The molecule has 0 saturated carbocycles. The zero-order valence-corrected chi connectivity index (χ0v) is 19.0. The summed E-state index contributed by atoms with van der Waals surface area (Å²) in [7, 11) is 0. The van der Waals surface area contributed by atoms with Crippen molar-refractivity contribution >= 4 is 27.2 Å². The molecule has 0 amide bonds. The van der Waals surface area contributed by atoms with Gasteiger partial charge in [0.05, 0.1) is 0 Å². The molecule has 2 heteroatoms. The smallest absolute Gasteiger partial charge is 0.125 e. The summed E-state index contributed by atoms with van der Waals surface area (Å²) in [5, 5.41) is 5.35. The first-order chi connectivity index (χ1) is 15.5. The molecule has 6 rings (SSSR count). The van der Waals surface area contributed by atoms with Crippen molar-refractivity contribution in [1.82, 2.24) is 0 Å². The number of anilines is 1. The predicted molar refractivity (Wildman–Crippen MR) is 133 cm³/mol. The van der Waals surface area contributed by atoms with Gasteiger partial charge < -0.3 is 4.90 Å². The molecular formula is C30H30FN. The highest BCUT2D eigenvalue weighted by Crippen LogP contribution is 2.48. The van der Waals surface area contributed by atoms with Crippen LogP contribution < -0.4 is 4.90 Å². The van der Waals surface area contributed by atoms with Gasteiger partial charge in [-0.3, -0.25) is 0 Å². The van der Waals surface area contributed by atoms with Gasteiger partial charge in [0.2, 0.25) is 0 Å². The van der Waals surface area contributed by atoms with Gasteiger partial charge in [-0.25, -0.2) is 4.39 Å². The van der Waals surface area contributed by atoms with Gasteiger partial charge in [-0.05, 0) is 93.5 Å². The Morgan fingerprint density at radius 3 is 2.47 bits per heavy atom. The molecule has 1 atom stereocenters. The van der Waals surface area contributed by atoms with Crippen LogP contribution in [0.4, 0.5) is 10.1 Å². The lowest BCUT2D eigenvalue weighted by molar-refractivity contribution is 0.264. The maximum Gasteiger partial charge on any atom is 0.125 e. The molecule has 2 aliphatic rings. The van der Waals surface area contributed by atoms with E-state index in [4.69, 9.17) is 0 Å². The van der Waals surface area contributed by atoms with E-state index in [1.165, 1.54) is 45.5 Å². The van der Waals surface area contributed by atoms with E-state index < -0.39 is 0 Å². The van der Waals surface area contributed by atoms with E-state index in [1.54, 1.807) is 12.1 Å². The summed E-state index contributed by atoms with van der Waals surface area (Å²) in [5.41, 5.74) is 5.17. The van der Waals surface area contributed by atoms with E-state index in [9.17, 15) is 4.39 Å². The van der Waals surface area contributed by atoms with E-state index in [0.29, 0.717) is 5.92 Å². The third-order valence-corrected chi connectivity index (χ3v) is 7.91. The Bertz CT molecular complexity index is 1330. The predicted octanol–water partition coefficient (Wildman–Crippen LogP) is 7.64. The maximum atomic E-state index is 14.7. The van der Waals surface area contributed by atoms with Crippen LogP contribution in [0.3, 0.4) is 0 Å². The SMILES string of the molecule is CC1(C)Cc2c(ccc3c2ccc2ccccc23)CC1c1cc(F)cc(N2CCCC2)c1. The molecule has 1 fully saturated rings. The van der Waals surface area contributed by atoms with Gasteiger partial charge in [0, 0.05) is 18.8 Å². The van der Waals surface area contributed by atoms with Gasteiger partial charge in [0.15, 0.2) is 0 Å². The number of hydrogen-bond acceptors (Lipinski definition) is 1. The number of halogens is 1. The van der Waals surface area contributed by atoms with E-state index in [0.717, 1.165) is 37.2 Å². The molecule has 0 aromatic heterocycles. The Labute approximate surface area is 189 Å². The number of nitrogens with zero attached hydrogens (tertiary/aromatic N) is 1. The molecule has 1 heterocycles. The van der Waals surface area contributed by atoms with Crippen LogP contribution >= 0.6 is 0 Å². The molecule has 1 aliphatic carbocycles. The van der Waals surface area contributed by atoms with Crippen molar-refractivity contribution in [3.05, 3.63) is 89.2 Å². The zero-order chi connectivity index (χ0) is 21.9. The van der Waals surface area contributed by atoms with Gasteiger partial charge in [-0.1, -0.05) is 62.4 Å². The minimum atomic E-state index is -0.101. The van der Waals surface area contributed by atoms with Gasteiger partial charge in [0.25, 0.3) is 0 Å². The van der Waals surface area contributed by atoms with Crippen LogP contribution in [0.1, 0.15) is 49.3 Å². The molecule has 0 spiro atoms. The highest BCUT2D eigenvalue weighted by Gasteiger charge is 2.37. The molecule has 0 radical (unpaired) electrons. The Kier molecular flexibility index (Phi) is 4.54. The van der Waals surface area contributed by atoms with E-state index in [-0.39, 0.29) is 11.2 Å². The first-order valence-corrected chi connectivity index (χ1v) is 12.0. The second-order valence-electron chi connectivity index (χ2n) is 10.4. The Hall–Kier alpha value is -2.87. The highest BCUT2D eigenvalue weighted by atomic mass is 19.1. The molecule has 1 saturated heterocycles. The van der Waals surface area contributed by atoms with Crippen LogP contribution in [-0.2, 0) is 12.8 Å². The topological polar surface area (TPSA) is 3.24 Å². The molecule has 1 unspecified atom stereocenters. The first kappa shape index (κ1) is 19.8. The minimum Gasteiger partial charge on any atom is -0.371 e. The summed E-state index contributed by atoms with van der Waals surface area (Å²) in [6.07, 6.45) is 4.39. The maximum absolute atomic E-state index is 14.7. The van der Waals surface area contributed by atoms with Crippen molar-refractivity contribution in [1.29, 1.82) is 0 Å². The Balaban J connectivity index is 1.45. The second kappa shape index (κ2) is 7.33. The summed E-state index contributed by atoms with van der Waals surface area (Å²) >= 11 is 0. The van der Waals surface area contributed by atoms with Gasteiger partial charge in [-0.15, -0.1) is 0 Å². The van der Waals surface area contributed by atoms with E-state index >= 15 is 0 Å². The first-order valence-electron chi connectivity index (χ1n) is 12.0. The average molecular weight is 424 g/mol. The molecule has 1 nitrogen and oxygen atoms in total. The Morgan fingerprint density at radius 2 is 1.62 bits per heavy atom. The quantitative estimate of drug-likeness (QED) is 0.299. The van der Waals surface area contributed by atoms with Crippen LogP contribution in [0.15, 0.2) is 66.7 Å². The minimum absolute atomic E-state index is 0.0585. The van der Waals surface area contributed by atoms with Crippen molar-refractivity contribution in [2.45, 2.75) is 45.4 Å². The molecule has 4 aromatic rings. The average Bonchev–Trinajstić information content (AvgIpc) is 3.32. The van der Waals surface area contributed by atoms with Crippen LogP contribution in [0.25, 0.3) is 21.5 Å². The number of benzene rings is 4. The van der Waals surface area contributed by atoms with Crippen LogP contribution in [-0.4, -0.2) is 13.1 Å². The van der Waals surface area contributed by atoms with Gasteiger partial charge in [0.1, 0.15) is 5.82 Å². The summed E-state index contributed by atoms with van der Waals surface area (Å²) in [4.78, 5) is 2.34. The lowest BCUT2D eigenvalue weighted by Crippen LogP contribution is -2.32. The van der Waals surface area contributed by atoms with Gasteiger partial charge >= 0.3 is 0 Å². The van der Waals surface area contributed by atoms with Crippen molar-refractivity contribution in [2.75, 3.05) is 18.0 Å². The van der Waals surface area contributed by atoms with E-state index in [2.05, 4.69) is 73.3 Å². The number of rotatable bonds is 2. The van der Waals surface area contributed by atoms with E-state index in [1.807, 2.05) is 0 Å². The summed E-state index contributed by atoms with van der Waals surface area (Å²) in [6, 6.07) is 23.6. The molecular weight excluding hydrogens is 393 g/mol. The van der Waals surface area contributed by atoms with Crippen molar-refractivity contribution < 1.29 is 4.39 Å². The molecule has 162 valence electrons. The summed E-state index contributed by atoms with van der Waals surface area (Å²) < 4.78 is 14.7. The highest BCUT2D eigenvalue weighted by molar-refractivity contribution is 6.08. The van der Waals surface area contributed by atoms with Crippen molar-refractivity contribution in [3.63, 3.8) is 0 Å². The van der Waals surface area contributed by atoms with Crippen molar-refractivity contribution in [3.8, 4) is 0 Å². The molecule has 4 aromatic carbocycles. The monoisotopic (exact) mass is 423 g/mol. The molecule has 1 aliphatic heterocycles. The normalized spacial score (nSPS) is 20.1. The zero-order valence-electron chi connectivity index (χ0n) is 19.0. The van der Waals surface area contributed by atoms with Gasteiger partial charge in [-0.2, -0.15) is 0 Å². The van der Waals surface area contributed by atoms with Crippen molar-refractivity contribution in [2.24, 2.45) is 5.41 Å². The number of hydrogen-bond donors (Lipinski definition) is 0. The van der Waals surface area contributed by atoms with Crippen LogP contribution in [0.2, 0.25) is 0 Å². The fraction of sp³-hybridized carbons (Fsp3) is 0.333. The third-order valence-electron chi connectivity index (χ3n) is 7.91. The second-order valence-corrected chi connectivity index (χ2v) is 10.4. The molecule has 0 N–H and O–H groups in total. The van der Waals surface area contributed by atoms with Crippen LogP contribution in [0.5, 0.6) is 0 Å². The fourth-order valence-electron chi connectivity index (χ4n) is 6.20. The summed E-state index contributed by atoms with van der Waals surface area (Å²) in [5.74, 6) is 0.209. The lowest BCUT2D eigenvalue weighted by Gasteiger charge is -2.41. The molecule has 0 bridgehead atoms. The molecule has 32 heavy (non-hydrogen) atoms. The summed E-state index contributed by atoms with van der Waals surface area (Å²) in [6.45, 7) is 6.81. The Morgan fingerprint density at radius 1 is 0.844 bits per heavy atom.